The second kappa shape index (κ2) is 7.28. The summed E-state index contributed by atoms with van der Waals surface area (Å²) in [5.74, 6) is 0.645. The van der Waals surface area contributed by atoms with E-state index in [1.54, 1.807) is 0 Å². The topological polar surface area (TPSA) is 12.0 Å². The van der Waals surface area contributed by atoms with Crippen LogP contribution >= 0.6 is 22.6 Å². The van der Waals surface area contributed by atoms with Crippen molar-refractivity contribution in [2.45, 2.75) is 26.3 Å². The van der Waals surface area contributed by atoms with E-state index in [0.29, 0.717) is 18.4 Å². The normalized spacial score (nSPS) is 13.9. The molecule has 11 heavy (non-hydrogen) atoms. The first kappa shape index (κ1) is 11.6. The molecule has 68 valence electrons. The molecule has 0 radical (unpaired) electrons. The molecule has 1 N–H and O–H groups in total. The highest BCUT2D eigenvalue weighted by Gasteiger charge is 2.09. The standard InChI is InChI=1S/C8H17FIN/c1-7(2)8(6-10)11-5-3-4-9/h7-8,11H,3-6H2,1-2H3. The summed E-state index contributed by atoms with van der Waals surface area (Å²) in [6.07, 6.45) is 0.639. The van der Waals surface area contributed by atoms with Gasteiger partial charge in [0.25, 0.3) is 0 Å². The summed E-state index contributed by atoms with van der Waals surface area (Å²) in [6.45, 7) is 4.97. The summed E-state index contributed by atoms with van der Waals surface area (Å²) in [6, 6.07) is 0.544. The lowest BCUT2D eigenvalue weighted by molar-refractivity contribution is 0.404. The fourth-order valence-corrected chi connectivity index (χ4v) is 2.15. The van der Waals surface area contributed by atoms with Crippen LogP contribution in [0.15, 0.2) is 0 Å². The Labute approximate surface area is 82.3 Å². The Hall–Kier alpha value is 0.620. The summed E-state index contributed by atoms with van der Waals surface area (Å²) in [5, 5.41) is 3.32. The van der Waals surface area contributed by atoms with E-state index in [4.69, 9.17) is 0 Å². The van der Waals surface area contributed by atoms with Crippen LogP contribution in [0.2, 0.25) is 0 Å². The number of rotatable bonds is 6. The minimum Gasteiger partial charge on any atom is -0.313 e. The molecule has 0 aromatic carbocycles. The van der Waals surface area contributed by atoms with Crippen LogP contribution in [0.4, 0.5) is 4.39 Å². The largest absolute Gasteiger partial charge is 0.313 e. The van der Waals surface area contributed by atoms with Crippen LogP contribution in [0.3, 0.4) is 0 Å². The van der Waals surface area contributed by atoms with Crippen molar-refractivity contribution in [1.29, 1.82) is 0 Å². The molecule has 0 spiro atoms. The van der Waals surface area contributed by atoms with Crippen LogP contribution in [-0.2, 0) is 0 Å². The lowest BCUT2D eigenvalue weighted by Gasteiger charge is -2.19. The van der Waals surface area contributed by atoms with E-state index in [-0.39, 0.29) is 6.67 Å². The molecular formula is C8H17FIN. The van der Waals surface area contributed by atoms with Crippen molar-refractivity contribution >= 4 is 22.6 Å². The third kappa shape index (κ3) is 5.84. The van der Waals surface area contributed by atoms with Crippen LogP contribution in [0.5, 0.6) is 0 Å². The molecule has 0 aliphatic rings. The third-order valence-electron chi connectivity index (χ3n) is 1.69. The highest BCUT2D eigenvalue weighted by atomic mass is 127. The fourth-order valence-electron chi connectivity index (χ4n) is 0.823. The Bertz CT molecular complexity index is 88.2. The molecule has 1 atom stereocenters. The smallest absolute Gasteiger partial charge is 0.0906 e. The summed E-state index contributed by atoms with van der Waals surface area (Å²) < 4.78 is 12.8. The summed E-state index contributed by atoms with van der Waals surface area (Å²) in [7, 11) is 0. The Kier molecular flexibility index (Phi) is 7.69. The number of nitrogens with one attached hydrogen (secondary N) is 1. The van der Waals surface area contributed by atoms with Gasteiger partial charge in [0.15, 0.2) is 0 Å². The maximum absolute atomic E-state index is 11.7. The van der Waals surface area contributed by atoms with Crippen molar-refractivity contribution in [3.63, 3.8) is 0 Å². The van der Waals surface area contributed by atoms with Gasteiger partial charge in [0, 0.05) is 10.5 Å². The van der Waals surface area contributed by atoms with Crippen molar-refractivity contribution in [2.24, 2.45) is 5.92 Å². The molecule has 0 fully saturated rings. The van der Waals surface area contributed by atoms with Crippen LogP contribution < -0.4 is 5.32 Å². The number of halogens is 2. The van der Waals surface area contributed by atoms with Crippen LogP contribution in [0, 0.1) is 5.92 Å². The van der Waals surface area contributed by atoms with Gasteiger partial charge in [0.1, 0.15) is 0 Å². The van der Waals surface area contributed by atoms with E-state index < -0.39 is 0 Å². The Balaban J connectivity index is 3.36. The van der Waals surface area contributed by atoms with Crippen LogP contribution in [0.1, 0.15) is 20.3 Å². The highest BCUT2D eigenvalue weighted by molar-refractivity contribution is 14.1. The van der Waals surface area contributed by atoms with E-state index in [1.807, 2.05) is 0 Å². The highest BCUT2D eigenvalue weighted by Crippen LogP contribution is 2.04. The quantitative estimate of drug-likeness (QED) is 0.445. The van der Waals surface area contributed by atoms with Gasteiger partial charge in [0.05, 0.1) is 6.67 Å². The molecule has 1 unspecified atom stereocenters. The zero-order valence-electron chi connectivity index (χ0n) is 7.24. The van der Waals surface area contributed by atoms with Gasteiger partial charge in [0.2, 0.25) is 0 Å². The zero-order valence-corrected chi connectivity index (χ0v) is 9.40. The molecule has 0 saturated carbocycles. The molecule has 0 aliphatic heterocycles. The van der Waals surface area contributed by atoms with Gasteiger partial charge in [-0.15, -0.1) is 0 Å². The van der Waals surface area contributed by atoms with Gasteiger partial charge in [-0.05, 0) is 18.9 Å². The SMILES string of the molecule is CC(C)C(CI)NCCCF. The molecule has 3 heteroatoms. The molecule has 0 bridgehead atoms. The minimum absolute atomic E-state index is 0.209. The van der Waals surface area contributed by atoms with E-state index in [0.717, 1.165) is 11.0 Å². The predicted molar refractivity (Wildman–Crippen MR) is 56.1 cm³/mol. The van der Waals surface area contributed by atoms with Gasteiger partial charge in [-0.25, -0.2) is 0 Å². The van der Waals surface area contributed by atoms with Crippen LogP contribution in [0.25, 0.3) is 0 Å². The van der Waals surface area contributed by atoms with E-state index in [1.165, 1.54) is 0 Å². The molecule has 0 aromatic rings. The first-order valence-electron chi connectivity index (χ1n) is 4.07. The average molecular weight is 273 g/mol. The molecule has 0 aliphatic carbocycles. The summed E-state index contributed by atoms with van der Waals surface area (Å²) in [5.41, 5.74) is 0. The third-order valence-corrected chi connectivity index (χ3v) is 2.64. The predicted octanol–water partition coefficient (Wildman–Crippen LogP) is 2.40. The van der Waals surface area contributed by atoms with Gasteiger partial charge in [-0.2, -0.15) is 0 Å². The van der Waals surface area contributed by atoms with Crippen molar-refractivity contribution in [1.82, 2.24) is 5.32 Å². The summed E-state index contributed by atoms with van der Waals surface area (Å²) >= 11 is 2.36. The Morgan fingerprint density at radius 3 is 2.45 bits per heavy atom. The maximum atomic E-state index is 11.7. The lowest BCUT2D eigenvalue weighted by atomic mass is 10.1. The molecule has 0 amide bonds. The molecule has 0 heterocycles. The van der Waals surface area contributed by atoms with Crippen molar-refractivity contribution < 1.29 is 4.39 Å². The van der Waals surface area contributed by atoms with Crippen molar-refractivity contribution in [3.8, 4) is 0 Å². The summed E-state index contributed by atoms with van der Waals surface area (Å²) in [4.78, 5) is 0. The number of hydrogen-bond donors (Lipinski definition) is 1. The Morgan fingerprint density at radius 1 is 1.45 bits per heavy atom. The molecular weight excluding hydrogens is 256 g/mol. The average Bonchev–Trinajstić information content (AvgIpc) is 1.97. The molecule has 0 aromatic heterocycles. The number of alkyl halides is 2. The molecule has 0 rings (SSSR count). The first-order valence-corrected chi connectivity index (χ1v) is 5.60. The van der Waals surface area contributed by atoms with Gasteiger partial charge < -0.3 is 5.32 Å². The molecule has 0 saturated heterocycles. The zero-order chi connectivity index (χ0) is 8.69. The fraction of sp³-hybridized carbons (Fsp3) is 1.00. The van der Waals surface area contributed by atoms with E-state index in [9.17, 15) is 4.39 Å². The van der Waals surface area contributed by atoms with Crippen LogP contribution in [-0.4, -0.2) is 23.7 Å². The van der Waals surface area contributed by atoms with E-state index in [2.05, 4.69) is 41.8 Å². The van der Waals surface area contributed by atoms with Gasteiger partial charge in [-0.3, -0.25) is 4.39 Å². The van der Waals surface area contributed by atoms with E-state index >= 15 is 0 Å². The van der Waals surface area contributed by atoms with Gasteiger partial charge in [-0.1, -0.05) is 36.4 Å². The number of hydrogen-bond acceptors (Lipinski definition) is 1. The maximum Gasteiger partial charge on any atom is 0.0906 e. The second-order valence-corrected chi connectivity index (χ2v) is 3.88. The monoisotopic (exact) mass is 273 g/mol. The first-order chi connectivity index (χ1) is 5.22. The van der Waals surface area contributed by atoms with Crippen molar-refractivity contribution in [2.75, 3.05) is 17.6 Å². The lowest BCUT2D eigenvalue weighted by Crippen LogP contribution is -2.35. The minimum atomic E-state index is -0.209. The van der Waals surface area contributed by atoms with Gasteiger partial charge >= 0.3 is 0 Å². The molecule has 1 nitrogen and oxygen atoms in total. The van der Waals surface area contributed by atoms with Crippen molar-refractivity contribution in [3.05, 3.63) is 0 Å². The Morgan fingerprint density at radius 2 is 2.09 bits per heavy atom. The second-order valence-electron chi connectivity index (χ2n) is 3.00.